The number of benzene rings is 6. The van der Waals surface area contributed by atoms with Crippen LogP contribution in [0.2, 0.25) is 0 Å². The number of sulfone groups is 1. The molecule has 7 aromatic heterocycles. The van der Waals surface area contributed by atoms with Gasteiger partial charge in [0.05, 0.1) is 69.9 Å². The summed E-state index contributed by atoms with van der Waals surface area (Å²) in [6.07, 6.45) is 11.8. The van der Waals surface area contributed by atoms with Gasteiger partial charge in [0.25, 0.3) is 11.8 Å². The molecule has 2 aliphatic carbocycles. The van der Waals surface area contributed by atoms with Crippen molar-refractivity contribution in [3.8, 4) is 23.2 Å². The number of likely N-dealkylation sites (tertiary alicyclic amines) is 1. The number of para-hydroxylation sites is 2. The number of nitrogens with two attached hydrogens (primary N) is 2. The fraction of sp³-hybridized carbons (Fsp3) is 0.390. The van der Waals surface area contributed by atoms with Crippen LogP contribution >= 0.6 is 0 Å². The number of anilines is 16. The van der Waals surface area contributed by atoms with Crippen LogP contribution in [0.3, 0.4) is 0 Å². The molecule has 13 aromatic rings. The van der Waals surface area contributed by atoms with Crippen LogP contribution in [0.5, 0.6) is 5.75 Å². The summed E-state index contributed by atoms with van der Waals surface area (Å²) in [4.78, 5) is 82.9. The number of nitrogens with zero attached hydrogens (tertiary/aromatic N) is 13. The van der Waals surface area contributed by atoms with E-state index in [9.17, 15) is 46.3 Å². The number of hydrogen-bond donors (Lipinski definition) is 14. The molecule has 3 saturated heterocycles. The summed E-state index contributed by atoms with van der Waals surface area (Å²) >= 11 is 0. The van der Waals surface area contributed by atoms with Gasteiger partial charge in [0, 0.05) is 132 Å². The van der Waals surface area contributed by atoms with Crippen LogP contribution < -0.4 is 73.9 Å². The normalized spacial score (nSPS) is 14.4. The number of rotatable bonds is 25. The number of aryl methyl sites for hydroxylation is 5. The number of amides is 3. The quantitative estimate of drug-likeness (QED) is 0.0253. The maximum atomic E-state index is 13.6. The number of halogens is 3. The van der Waals surface area contributed by atoms with Crippen molar-refractivity contribution in [3.05, 3.63) is 215 Å². The minimum Gasteiger partial charge on any atom is -0.404 e. The first kappa shape index (κ1) is 109. The Morgan fingerprint density at radius 1 is 0.650 bits per heavy atom. The highest BCUT2D eigenvalue weighted by Crippen LogP contribution is 2.41. The van der Waals surface area contributed by atoms with Gasteiger partial charge in [-0.1, -0.05) is 93.1 Å². The summed E-state index contributed by atoms with van der Waals surface area (Å²) in [6, 6.07) is 46.0. The van der Waals surface area contributed by atoms with Crippen LogP contribution in [-0.4, -0.2) is 186 Å². The van der Waals surface area contributed by atoms with E-state index >= 15 is 0 Å². The van der Waals surface area contributed by atoms with Crippen molar-refractivity contribution in [2.24, 2.45) is 12.8 Å². The SMILES string of the molecule is C.C.C.C.CC(C)(C)Nc1nc(Nc2ccc(C(N)=O)cc2)cc(N)c1C#N.CCc1cccc(CC)c1NC(=O)c1nn(C)c2c1CCc1cnc(Nc3ccc(C(=O)NC4CCN(C)CC4)cc3OC(F)(F)F)nc1-2.Cc1cc(N2CCC(O)CC2)ccc1Nc1cc(Nc2ccccc2S(=O)(=O)C(C)C)c2cc[nH]c2n1.c1nc2nc(Nc3ccc(N4CCOCC4)cc3)nc(NC3CCCCC3)c2[nH]1. The predicted octanol–water partition coefficient (Wildman–Crippen LogP) is 20.1. The molecule has 16 N–H and O–H groups in total. The highest BCUT2D eigenvalue weighted by atomic mass is 32.2. The van der Waals surface area contributed by atoms with E-state index < -0.39 is 39.0 Å². The van der Waals surface area contributed by atoms with E-state index in [-0.39, 0.29) is 75.4 Å². The Kier molecular flexibility index (Phi) is 36.6. The number of pyridine rings is 2. The van der Waals surface area contributed by atoms with Gasteiger partial charge in [0.15, 0.2) is 32.7 Å². The number of carbonyl (C=O) groups excluding carboxylic acids is 3. The van der Waals surface area contributed by atoms with Crippen molar-refractivity contribution in [1.82, 2.24) is 64.9 Å². The van der Waals surface area contributed by atoms with Crippen LogP contribution in [0.25, 0.3) is 33.6 Å². The fourth-order valence-corrected chi connectivity index (χ4v) is 18.6. The molecule has 4 fully saturated rings. The molecule has 10 heterocycles. The molecule has 0 radical (unpaired) electrons. The number of fused-ring (bicyclic) bond motifs is 5. The standard InChI is InChI=1S/C35H39F3N8O3.C28H33N5O3S.C21H27N7O.C17H20N6O.4CH4/c1-5-20-8-7-9-21(6-2)28(20)42-33(48)30-25-12-10-23-19-39-34(43-29(23)31(25)46(4)44-30)41-26-13-11-22(18-27(26)49-35(36,37)38)32(47)40-24-14-16-45(3)17-15-24;1-18(2)37(35,36)26-7-5-4-6-24(26)30-25-17-27(32-28-22(25)10-13-29-28)31-23-9-8-20(16-19(23)3)33-14-11-21(34)12-15-33;1-2-4-15(5-3-1)24-20-18-19(23-14-22-18)26-21(27-20)25-16-6-8-17(9-7-16)28-10-12-29-13-11-28;1-17(2,3)23-16-12(9-18)13(19)8-14(22-16)21-11-6-4-10(5-7-11)15(20)24;;;;/h7-9,11,13,18-19,24H,5-6,10,12,14-17H2,1-4H3,(H,40,47)(H,42,48)(H,39,41,43);4-10,13,16-18,21,34H,11-12,14-15H2,1-3H3,(H3,29,30,31,32);6-9,14-15H,1-5,10-13H2,(H3,22,23,24,25,26,27);4-8H,1-3H3,(H2,20,24)(H4,19,21,22,23);4*1H4. The van der Waals surface area contributed by atoms with Gasteiger partial charge >= 0.3 is 6.36 Å². The van der Waals surface area contributed by atoms with E-state index in [1.807, 2.05) is 90.3 Å². The summed E-state index contributed by atoms with van der Waals surface area (Å²) in [6.45, 7) is 22.2. The first-order chi connectivity index (χ1) is 66.7. The Morgan fingerprint density at radius 2 is 1.31 bits per heavy atom. The summed E-state index contributed by atoms with van der Waals surface area (Å²) < 4.78 is 77.8. The number of piperidine rings is 2. The van der Waals surface area contributed by atoms with Crippen LogP contribution in [0, 0.1) is 18.3 Å². The molecule has 3 aliphatic heterocycles. The van der Waals surface area contributed by atoms with E-state index in [4.69, 9.17) is 26.2 Å². The van der Waals surface area contributed by atoms with Gasteiger partial charge in [0.2, 0.25) is 17.8 Å². The van der Waals surface area contributed by atoms with Crippen molar-refractivity contribution in [2.75, 3.05) is 118 Å². The molecule has 6 aromatic carbocycles. The number of nitrogens with one attached hydrogen (secondary N) is 11. The summed E-state index contributed by atoms with van der Waals surface area (Å²) in [7, 11) is 0.255. The molecule has 5 aliphatic rings. The Hall–Kier alpha value is -14.7. The van der Waals surface area contributed by atoms with E-state index in [2.05, 4.69) is 157 Å². The molecule has 34 nitrogen and oxygen atoms in total. The van der Waals surface area contributed by atoms with Crippen molar-refractivity contribution < 1.29 is 50.6 Å². The van der Waals surface area contributed by atoms with E-state index in [0.29, 0.717) is 93.2 Å². The van der Waals surface area contributed by atoms with Gasteiger partial charge in [-0.15, -0.1) is 13.2 Å². The first-order valence-corrected chi connectivity index (χ1v) is 48.5. The highest BCUT2D eigenvalue weighted by Gasteiger charge is 2.35. The molecule has 143 heavy (non-hydrogen) atoms. The number of morpholine rings is 1. The maximum absolute atomic E-state index is 13.6. The second-order valence-electron chi connectivity index (χ2n) is 36.4. The average Bonchev–Trinajstić information content (AvgIpc) is 1.61. The Labute approximate surface area is 834 Å². The molecule has 0 bridgehead atoms. The average molecular weight is 1980 g/mol. The number of carbonyl (C=O) groups is 3. The summed E-state index contributed by atoms with van der Waals surface area (Å²) in [5.41, 5.74) is 27.3. The molecule has 1 saturated carbocycles. The Morgan fingerprint density at radius 3 is 1.97 bits per heavy atom. The molecule has 3 amide bonds. The zero-order chi connectivity index (χ0) is 98.4. The lowest BCUT2D eigenvalue weighted by molar-refractivity contribution is -0.274. The third-order valence-electron chi connectivity index (χ3n) is 24.8. The number of aliphatic hydroxyl groups excluding tert-OH is 1. The number of aliphatic hydroxyl groups is 1. The highest BCUT2D eigenvalue weighted by molar-refractivity contribution is 7.92. The van der Waals surface area contributed by atoms with Crippen LogP contribution in [-0.2, 0) is 47.3 Å². The van der Waals surface area contributed by atoms with Crippen molar-refractivity contribution in [2.45, 2.75) is 209 Å². The molecular weight excluding hydrogens is 1840 g/mol. The largest absolute Gasteiger partial charge is 0.573 e. The monoisotopic (exact) mass is 1980 g/mol. The number of hydrogen-bond acceptors (Lipinski definition) is 28. The molecule has 760 valence electrons. The third kappa shape index (κ3) is 27.4. The smallest absolute Gasteiger partial charge is 0.404 e. The second kappa shape index (κ2) is 48.2. The lowest BCUT2D eigenvalue weighted by atomic mass is 9.93. The van der Waals surface area contributed by atoms with Gasteiger partial charge in [-0.05, 0) is 251 Å². The molecule has 0 spiro atoms. The third-order valence-corrected chi connectivity index (χ3v) is 27.1. The number of alkyl halides is 3. The van der Waals surface area contributed by atoms with E-state index in [1.165, 1.54) is 49.9 Å². The number of nitrogen functional groups attached to an aromatic ring is 1. The van der Waals surface area contributed by atoms with Crippen LogP contribution in [0.15, 0.2) is 169 Å². The number of aromatic amines is 2. The predicted molar refractivity (Wildman–Crippen MR) is 566 cm³/mol. The number of ether oxygens (including phenoxy) is 2. The molecule has 0 atom stereocenters. The van der Waals surface area contributed by atoms with Gasteiger partial charge in [-0.3, -0.25) is 19.1 Å². The minimum atomic E-state index is -5.01. The lowest BCUT2D eigenvalue weighted by Crippen LogP contribution is -2.43. The number of primary amides is 1. The Bertz CT molecular complexity index is 6690. The zero-order valence-electron chi connectivity index (χ0n) is 79.6. The topological polar surface area (TPSA) is 457 Å². The summed E-state index contributed by atoms with van der Waals surface area (Å²) in [5, 5.41) is 52.9. The number of aromatic nitrogens is 11. The minimum absolute atomic E-state index is 0. The Balaban J connectivity index is 0.000000186. The molecule has 0 unspecified atom stereocenters. The molecule has 18 rings (SSSR count). The van der Waals surface area contributed by atoms with Crippen molar-refractivity contribution >= 4 is 142 Å². The zero-order valence-corrected chi connectivity index (χ0v) is 80.4. The number of nitriles is 1. The first-order valence-electron chi connectivity index (χ1n) is 46.9. The molecular formula is C105H135F3N26O8S. The fourth-order valence-electron chi connectivity index (χ4n) is 17.4. The van der Waals surface area contributed by atoms with Gasteiger partial charge in [0.1, 0.15) is 40.3 Å². The van der Waals surface area contributed by atoms with Crippen molar-refractivity contribution in [1.29, 1.82) is 5.26 Å². The van der Waals surface area contributed by atoms with Gasteiger partial charge < -0.3 is 98.6 Å². The lowest BCUT2D eigenvalue weighted by Gasteiger charge is -2.31. The van der Waals surface area contributed by atoms with Crippen LogP contribution in [0.4, 0.5) is 105 Å². The van der Waals surface area contributed by atoms with Crippen LogP contribution in [0.1, 0.15) is 201 Å². The van der Waals surface area contributed by atoms with Gasteiger partial charge in [-0.2, -0.15) is 20.3 Å². The van der Waals surface area contributed by atoms with E-state index in [0.717, 1.165) is 176 Å². The van der Waals surface area contributed by atoms with Gasteiger partial charge in [-0.25, -0.2) is 33.3 Å². The molecule has 38 heteroatoms. The summed E-state index contributed by atoms with van der Waals surface area (Å²) in [5.74, 6) is 1.06. The second-order valence-corrected chi connectivity index (χ2v) is 38.9. The van der Waals surface area contributed by atoms with Crippen molar-refractivity contribution in [3.63, 3.8) is 0 Å². The number of H-pyrrole nitrogens is 2. The maximum Gasteiger partial charge on any atom is 0.573 e. The number of imidazole rings is 1. The van der Waals surface area contributed by atoms with E-state index in [1.54, 1.807) is 86.6 Å².